The Morgan fingerprint density at radius 2 is 1.90 bits per heavy atom. The van der Waals surface area contributed by atoms with Gasteiger partial charge in [0.15, 0.2) is 17.9 Å². The van der Waals surface area contributed by atoms with Crippen molar-refractivity contribution in [2.45, 2.75) is 31.9 Å². The highest BCUT2D eigenvalue weighted by molar-refractivity contribution is 5.95. The minimum Gasteiger partial charge on any atom is -0.403 e. The maximum Gasteiger partial charge on any atom is 0.573 e. The molecule has 0 saturated carbocycles. The molecule has 1 aromatic carbocycles. The van der Waals surface area contributed by atoms with E-state index in [1.807, 2.05) is 0 Å². The molecule has 0 radical (unpaired) electrons. The Labute approximate surface area is 170 Å². The van der Waals surface area contributed by atoms with Crippen molar-refractivity contribution in [1.82, 2.24) is 15.1 Å². The number of rotatable bonds is 6. The molecule has 14 heteroatoms. The first-order chi connectivity index (χ1) is 14.3. The van der Waals surface area contributed by atoms with Gasteiger partial charge in [-0.3, -0.25) is 10.1 Å². The summed E-state index contributed by atoms with van der Waals surface area (Å²) in [5, 5.41) is 8.06. The van der Waals surface area contributed by atoms with Crippen LogP contribution in [0.25, 0.3) is 0 Å². The van der Waals surface area contributed by atoms with Gasteiger partial charge in [0, 0.05) is 7.05 Å². The number of alkyl halides is 6. The minimum absolute atomic E-state index is 0.0227. The number of aldehydes is 1. The predicted octanol–water partition coefficient (Wildman–Crippen LogP) is 4.20. The summed E-state index contributed by atoms with van der Waals surface area (Å²) in [6.07, 6.45) is -11.4. The van der Waals surface area contributed by atoms with Gasteiger partial charge in [-0.25, -0.2) is 13.9 Å². The molecule has 0 bridgehead atoms. The summed E-state index contributed by atoms with van der Waals surface area (Å²) in [5.41, 5.74) is -1.27. The van der Waals surface area contributed by atoms with Crippen LogP contribution in [0.1, 0.15) is 34.6 Å². The van der Waals surface area contributed by atoms with Crippen LogP contribution in [0.15, 0.2) is 18.2 Å². The van der Waals surface area contributed by atoms with Crippen LogP contribution in [0.5, 0.6) is 5.75 Å². The van der Waals surface area contributed by atoms with Crippen molar-refractivity contribution in [3.8, 4) is 5.75 Å². The smallest absolute Gasteiger partial charge is 0.403 e. The zero-order valence-electron chi connectivity index (χ0n) is 15.9. The number of hydrogen-bond donors (Lipinski definition) is 2. The summed E-state index contributed by atoms with van der Waals surface area (Å²) < 4.78 is 93.9. The average molecular weight is 456 g/mol. The van der Waals surface area contributed by atoms with Crippen molar-refractivity contribution in [2.24, 2.45) is 0 Å². The lowest BCUT2D eigenvalue weighted by Crippen LogP contribution is -2.27. The molecule has 170 valence electrons. The van der Waals surface area contributed by atoms with Crippen molar-refractivity contribution in [3.63, 3.8) is 0 Å². The Bertz CT molecular complexity index is 970. The topological polar surface area (TPSA) is 85.3 Å². The van der Waals surface area contributed by atoms with Gasteiger partial charge < -0.3 is 10.1 Å². The van der Waals surface area contributed by atoms with Gasteiger partial charge in [-0.05, 0) is 24.6 Å². The van der Waals surface area contributed by atoms with E-state index in [0.717, 1.165) is 10.7 Å². The molecule has 1 unspecified atom stereocenters. The Balaban J connectivity index is 2.53. The van der Waals surface area contributed by atoms with Gasteiger partial charge in [0.1, 0.15) is 5.82 Å². The van der Waals surface area contributed by atoms with Crippen LogP contribution in [0.4, 0.5) is 41.3 Å². The Morgan fingerprint density at radius 3 is 2.39 bits per heavy atom. The summed E-state index contributed by atoms with van der Waals surface area (Å²) in [6, 6.07) is 0.407. The van der Waals surface area contributed by atoms with Crippen molar-refractivity contribution in [2.75, 3.05) is 12.4 Å². The molecular weight excluding hydrogens is 441 g/mol. The first-order valence-electron chi connectivity index (χ1n) is 8.43. The highest BCUT2D eigenvalue weighted by Crippen LogP contribution is 2.32. The van der Waals surface area contributed by atoms with Crippen LogP contribution in [-0.4, -0.2) is 41.7 Å². The SMILES string of the molecule is CNC(=O)Nc1c(C=O)c(CC(F)(F)F)nn1C(C)c1ccc(OC(F)(F)F)c(F)c1. The van der Waals surface area contributed by atoms with Crippen LogP contribution in [-0.2, 0) is 6.42 Å². The molecule has 2 amide bonds. The normalized spacial score (nSPS) is 12.9. The van der Waals surface area contributed by atoms with E-state index in [2.05, 4.69) is 20.5 Å². The van der Waals surface area contributed by atoms with Crippen molar-refractivity contribution in [1.29, 1.82) is 0 Å². The maximum atomic E-state index is 14.1. The van der Waals surface area contributed by atoms with E-state index >= 15 is 0 Å². The summed E-state index contributed by atoms with van der Waals surface area (Å²) in [7, 11) is 1.21. The third-order valence-electron chi connectivity index (χ3n) is 4.00. The number of anilines is 1. The quantitative estimate of drug-likeness (QED) is 0.504. The molecule has 31 heavy (non-hydrogen) atoms. The van der Waals surface area contributed by atoms with Crippen LogP contribution in [0.2, 0.25) is 0 Å². The lowest BCUT2D eigenvalue weighted by atomic mass is 10.1. The van der Waals surface area contributed by atoms with E-state index in [-0.39, 0.29) is 11.8 Å². The monoisotopic (exact) mass is 456 g/mol. The number of ether oxygens (including phenoxy) is 1. The van der Waals surface area contributed by atoms with Gasteiger partial charge in [0.2, 0.25) is 0 Å². The summed E-state index contributed by atoms with van der Waals surface area (Å²) in [4.78, 5) is 23.1. The second kappa shape index (κ2) is 8.81. The number of carbonyl (C=O) groups is 2. The van der Waals surface area contributed by atoms with Gasteiger partial charge in [-0.15, -0.1) is 13.2 Å². The van der Waals surface area contributed by atoms with E-state index < -0.39 is 59.7 Å². The molecule has 1 atom stereocenters. The number of halogens is 7. The fourth-order valence-electron chi connectivity index (χ4n) is 2.64. The standard InChI is InChI=1S/C17H15F7N4O3/c1-8(9-3-4-13(11(18)5-9)31-17(22,23)24)28-14(26-15(30)25-2)10(7-29)12(27-28)6-16(19,20)21/h3-5,7-8H,6H2,1-2H3,(H2,25,26,30). The fourth-order valence-corrected chi connectivity index (χ4v) is 2.64. The summed E-state index contributed by atoms with van der Waals surface area (Å²) in [5.74, 6) is -2.91. The number of hydrogen-bond acceptors (Lipinski definition) is 4. The summed E-state index contributed by atoms with van der Waals surface area (Å²) >= 11 is 0. The predicted molar refractivity (Wildman–Crippen MR) is 92.3 cm³/mol. The molecule has 0 aliphatic rings. The van der Waals surface area contributed by atoms with Crippen molar-refractivity contribution in [3.05, 3.63) is 40.8 Å². The van der Waals surface area contributed by atoms with E-state index in [1.165, 1.54) is 14.0 Å². The molecule has 7 nitrogen and oxygen atoms in total. The van der Waals surface area contributed by atoms with E-state index in [0.29, 0.717) is 12.1 Å². The van der Waals surface area contributed by atoms with Crippen LogP contribution < -0.4 is 15.4 Å². The third-order valence-corrected chi connectivity index (χ3v) is 4.00. The Hall–Kier alpha value is -3.32. The van der Waals surface area contributed by atoms with Crippen LogP contribution in [0.3, 0.4) is 0 Å². The molecule has 2 rings (SSSR count). The Morgan fingerprint density at radius 1 is 1.26 bits per heavy atom. The number of amides is 2. The summed E-state index contributed by atoms with van der Waals surface area (Å²) in [6.45, 7) is 1.33. The van der Waals surface area contributed by atoms with Crippen LogP contribution in [0, 0.1) is 5.82 Å². The Kier molecular flexibility index (Phi) is 6.81. The molecule has 2 aromatic rings. The zero-order chi connectivity index (χ0) is 23.6. The highest BCUT2D eigenvalue weighted by atomic mass is 19.4. The van der Waals surface area contributed by atoms with E-state index in [9.17, 15) is 40.3 Å². The molecular formula is C17H15F7N4O3. The maximum absolute atomic E-state index is 14.1. The minimum atomic E-state index is -5.13. The number of nitrogens with one attached hydrogen (secondary N) is 2. The lowest BCUT2D eigenvalue weighted by Gasteiger charge is -2.18. The second-order valence-corrected chi connectivity index (χ2v) is 6.18. The number of carbonyl (C=O) groups excluding carboxylic acids is 2. The van der Waals surface area contributed by atoms with Crippen LogP contribution >= 0.6 is 0 Å². The molecule has 0 spiro atoms. The van der Waals surface area contributed by atoms with Crippen molar-refractivity contribution < 1.29 is 45.1 Å². The molecule has 0 fully saturated rings. The fraction of sp³-hybridized carbons (Fsp3) is 0.353. The highest BCUT2D eigenvalue weighted by Gasteiger charge is 2.34. The number of aromatic nitrogens is 2. The molecule has 0 aliphatic heterocycles. The third kappa shape index (κ3) is 6.08. The van der Waals surface area contributed by atoms with E-state index in [1.54, 1.807) is 0 Å². The molecule has 2 N–H and O–H groups in total. The van der Waals surface area contributed by atoms with E-state index in [4.69, 9.17) is 0 Å². The number of nitrogens with zero attached hydrogens (tertiary/aromatic N) is 2. The van der Waals surface area contributed by atoms with Crippen molar-refractivity contribution >= 4 is 18.1 Å². The lowest BCUT2D eigenvalue weighted by molar-refractivity contribution is -0.275. The molecule has 0 saturated heterocycles. The number of benzene rings is 1. The van der Waals surface area contributed by atoms with Gasteiger partial charge in [-0.2, -0.15) is 18.3 Å². The first-order valence-corrected chi connectivity index (χ1v) is 8.43. The largest absolute Gasteiger partial charge is 0.573 e. The molecule has 0 aliphatic carbocycles. The zero-order valence-corrected chi connectivity index (χ0v) is 15.9. The van der Waals surface area contributed by atoms with Gasteiger partial charge in [0.05, 0.1) is 23.7 Å². The average Bonchev–Trinajstić information content (AvgIpc) is 2.96. The van der Waals surface area contributed by atoms with Gasteiger partial charge in [0.25, 0.3) is 0 Å². The second-order valence-electron chi connectivity index (χ2n) is 6.18. The molecule has 1 heterocycles. The molecule has 1 aromatic heterocycles. The van der Waals surface area contributed by atoms with Gasteiger partial charge >= 0.3 is 18.6 Å². The number of urea groups is 1. The van der Waals surface area contributed by atoms with Gasteiger partial charge in [-0.1, -0.05) is 6.07 Å². The first kappa shape index (κ1) is 24.0.